The molecule has 0 spiro atoms. The summed E-state index contributed by atoms with van der Waals surface area (Å²) < 4.78 is 10.5. The van der Waals surface area contributed by atoms with Crippen molar-refractivity contribution in [3.63, 3.8) is 0 Å². The van der Waals surface area contributed by atoms with Gasteiger partial charge in [0.05, 0.1) is 10.7 Å². The molecular formula is C15H21ClN2O3. The van der Waals surface area contributed by atoms with E-state index in [1.165, 1.54) is 0 Å². The number of halogens is 1. The summed E-state index contributed by atoms with van der Waals surface area (Å²) in [7, 11) is 0. The van der Waals surface area contributed by atoms with E-state index in [1.807, 2.05) is 0 Å². The van der Waals surface area contributed by atoms with Crippen molar-refractivity contribution in [3.05, 3.63) is 17.2 Å². The number of hydrogen-bond acceptors (Lipinski definition) is 4. The van der Waals surface area contributed by atoms with E-state index in [2.05, 4.69) is 26.1 Å². The Bertz CT molecular complexity index is 540. The van der Waals surface area contributed by atoms with Gasteiger partial charge in [-0.3, -0.25) is 4.79 Å². The highest BCUT2D eigenvalue weighted by molar-refractivity contribution is 6.34. The second kappa shape index (κ2) is 6.12. The predicted octanol–water partition coefficient (Wildman–Crippen LogP) is 3.16. The van der Waals surface area contributed by atoms with Crippen molar-refractivity contribution in [2.45, 2.75) is 39.7 Å². The molecule has 1 unspecified atom stereocenters. The number of nitrogens with one attached hydrogen (secondary N) is 1. The van der Waals surface area contributed by atoms with Gasteiger partial charge in [0, 0.05) is 24.6 Å². The van der Waals surface area contributed by atoms with Gasteiger partial charge >= 0.3 is 0 Å². The summed E-state index contributed by atoms with van der Waals surface area (Å²) in [6.45, 7) is 6.46. The first kappa shape index (κ1) is 15.9. The fourth-order valence-electron chi connectivity index (χ4n) is 2.31. The molecule has 1 aromatic carbocycles. The van der Waals surface area contributed by atoms with Gasteiger partial charge in [0.25, 0.3) is 0 Å². The molecule has 0 aliphatic carbocycles. The molecule has 0 fully saturated rings. The Balaban J connectivity index is 1.97. The van der Waals surface area contributed by atoms with Crippen molar-refractivity contribution in [1.29, 1.82) is 0 Å². The molecule has 0 aromatic heterocycles. The van der Waals surface area contributed by atoms with E-state index in [-0.39, 0.29) is 30.6 Å². The minimum absolute atomic E-state index is 0.0933. The van der Waals surface area contributed by atoms with Crippen LogP contribution in [0, 0.1) is 5.41 Å². The number of benzene rings is 1. The van der Waals surface area contributed by atoms with Crippen LogP contribution in [0.1, 0.15) is 33.6 Å². The van der Waals surface area contributed by atoms with E-state index in [1.54, 1.807) is 12.1 Å². The number of carbonyl (C=O) groups excluding carboxylic acids is 1. The summed E-state index contributed by atoms with van der Waals surface area (Å²) in [5.41, 5.74) is 6.61. The Kier molecular flexibility index (Phi) is 4.64. The number of rotatable bonds is 4. The molecule has 0 radical (unpaired) electrons. The first-order chi connectivity index (χ1) is 9.74. The summed E-state index contributed by atoms with van der Waals surface area (Å²) >= 11 is 6.11. The third-order valence-electron chi connectivity index (χ3n) is 3.06. The maximum Gasteiger partial charge on any atom is 0.231 e. The Morgan fingerprint density at radius 3 is 2.62 bits per heavy atom. The Morgan fingerprint density at radius 1 is 1.38 bits per heavy atom. The average Bonchev–Trinajstić information content (AvgIpc) is 2.73. The van der Waals surface area contributed by atoms with Gasteiger partial charge in [-0.15, -0.1) is 0 Å². The predicted molar refractivity (Wildman–Crippen MR) is 82.9 cm³/mol. The van der Waals surface area contributed by atoms with Crippen molar-refractivity contribution >= 4 is 23.2 Å². The lowest BCUT2D eigenvalue weighted by Crippen LogP contribution is -2.31. The van der Waals surface area contributed by atoms with Crippen LogP contribution in [0.5, 0.6) is 11.5 Å². The van der Waals surface area contributed by atoms with Crippen LogP contribution >= 0.6 is 11.6 Å². The smallest absolute Gasteiger partial charge is 0.231 e. The average molecular weight is 313 g/mol. The van der Waals surface area contributed by atoms with E-state index < -0.39 is 0 Å². The maximum atomic E-state index is 12.0. The zero-order chi connectivity index (χ0) is 15.6. The molecule has 1 heterocycles. The van der Waals surface area contributed by atoms with Gasteiger partial charge < -0.3 is 20.5 Å². The van der Waals surface area contributed by atoms with E-state index in [0.717, 1.165) is 6.42 Å². The van der Waals surface area contributed by atoms with E-state index in [4.69, 9.17) is 26.8 Å². The van der Waals surface area contributed by atoms with Crippen molar-refractivity contribution in [2.75, 3.05) is 12.1 Å². The molecule has 6 heteroatoms. The molecule has 5 nitrogen and oxygen atoms in total. The van der Waals surface area contributed by atoms with Crippen molar-refractivity contribution < 1.29 is 14.3 Å². The summed E-state index contributed by atoms with van der Waals surface area (Å²) in [4.78, 5) is 12.0. The number of fused-ring (bicyclic) bond motifs is 1. The number of ether oxygens (including phenoxy) is 2. The fourth-order valence-corrected chi connectivity index (χ4v) is 2.51. The highest BCUT2D eigenvalue weighted by Crippen LogP contribution is 2.39. The summed E-state index contributed by atoms with van der Waals surface area (Å²) in [5, 5.41) is 3.18. The van der Waals surface area contributed by atoms with Crippen LogP contribution in [0.25, 0.3) is 0 Å². The fraction of sp³-hybridized carbons (Fsp3) is 0.533. The standard InChI is InChI=1S/C15H21ClN2O3/c1-15(2,3)7-9(17)4-14(19)18-11-6-13-12(5-10(11)16)20-8-21-13/h5-6,9H,4,7-8,17H2,1-3H3,(H,18,19). The molecule has 2 rings (SSSR count). The zero-order valence-electron chi connectivity index (χ0n) is 12.5. The number of carbonyl (C=O) groups is 1. The lowest BCUT2D eigenvalue weighted by Gasteiger charge is -2.22. The highest BCUT2D eigenvalue weighted by Gasteiger charge is 2.20. The normalized spacial score (nSPS) is 14.9. The Labute approximate surface area is 129 Å². The molecule has 3 N–H and O–H groups in total. The molecule has 1 aliphatic rings. The summed E-state index contributed by atoms with van der Waals surface area (Å²) in [5.74, 6) is 1.00. The Hall–Kier alpha value is -1.46. The van der Waals surface area contributed by atoms with Gasteiger partial charge in [-0.25, -0.2) is 0 Å². The van der Waals surface area contributed by atoms with Crippen molar-refractivity contribution in [1.82, 2.24) is 0 Å². The van der Waals surface area contributed by atoms with Crippen LogP contribution in [0.2, 0.25) is 5.02 Å². The number of nitrogens with two attached hydrogens (primary N) is 1. The van der Waals surface area contributed by atoms with Crippen LogP contribution in [0.3, 0.4) is 0 Å². The summed E-state index contributed by atoms with van der Waals surface area (Å²) in [6, 6.07) is 3.12. The van der Waals surface area contributed by atoms with E-state index in [0.29, 0.717) is 22.2 Å². The molecule has 0 saturated carbocycles. The van der Waals surface area contributed by atoms with Crippen molar-refractivity contribution in [3.8, 4) is 11.5 Å². The number of amides is 1. The molecule has 0 bridgehead atoms. The number of hydrogen-bond donors (Lipinski definition) is 2. The molecule has 21 heavy (non-hydrogen) atoms. The third-order valence-corrected chi connectivity index (χ3v) is 3.37. The van der Waals surface area contributed by atoms with Gasteiger partial charge in [0.2, 0.25) is 12.7 Å². The minimum Gasteiger partial charge on any atom is -0.454 e. The topological polar surface area (TPSA) is 73.6 Å². The quantitative estimate of drug-likeness (QED) is 0.895. The zero-order valence-corrected chi connectivity index (χ0v) is 13.3. The second-order valence-corrected chi connectivity index (χ2v) is 6.87. The lowest BCUT2D eigenvalue weighted by molar-refractivity contribution is -0.116. The van der Waals surface area contributed by atoms with Crippen LogP contribution in [0.4, 0.5) is 5.69 Å². The van der Waals surface area contributed by atoms with Gasteiger partial charge in [0.15, 0.2) is 11.5 Å². The van der Waals surface area contributed by atoms with Crippen LogP contribution in [-0.2, 0) is 4.79 Å². The minimum atomic E-state index is -0.183. The highest BCUT2D eigenvalue weighted by atomic mass is 35.5. The van der Waals surface area contributed by atoms with Crippen LogP contribution in [0.15, 0.2) is 12.1 Å². The maximum absolute atomic E-state index is 12.0. The first-order valence-electron chi connectivity index (χ1n) is 6.89. The van der Waals surface area contributed by atoms with E-state index in [9.17, 15) is 4.79 Å². The third kappa shape index (κ3) is 4.51. The molecule has 1 atom stereocenters. The first-order valence-corrected chi connectivity index (χ1v) is 7.27. The second-order valence-electron chi connectivity index (χ2n) is 6.46. The van der Waals surface area contributed by atoms with Crippen molar-refractivity contribution in [2.24, 2.45) is 11.1 Å². The Morgan fingerprint density at radius 2 is 2.00 bits per heavy atom. The molecular weight excluding hydrogens is 292 g/mol. The van der Waals surface area contributed by atoms with E-state index >= 15 is 0 Å². The monoisotopic (exact) mass is 312 g/mol. The molecule has 0 saturated heterocycles. The van der Waals surface area contributed by atoms with Crippen LogP contribution < -0.4 is 20.5 Å². The van der Waals surface area contributed by atoms with Crippen LogP contribution in [-0.4, -0.2) is 18.7 Å². The SMILES string of the molecule is CC(C)(C)CC(N)CC(=O)Nc1cc2c(cc1Cl)OCO2. The molecule has 1 aromatic rings. The van der Waals surface area contributed by atoms with Gasteiger partial charge in [-0.2, -0.15) is 0 Å². The summed E-state index contributed by atoms with van der Waals surface area (Å²) in [6.07, 6.45) is 1.03. The molecule has 1 amide bonds. The van der Waals surface area contributed by atoms with Gasteiger partial charge in [-0.1, -0.05) is 32.4 Å². The lowest BCUT2D eigenvalue weighted by atomic mass is 9.87. The number of anilines is 1. The largest absolute Gasteiger partial charge is 0.454 e. The molecule has 116 valence electrons. The van der Waals surface area contributed by atoms with Gasteiger partial charge in [-0.05, 0) is 11.8 Å². The molecule has 1 aliphatic heterocycles. The van der Waals surface area contributed by atoms with Gasteiger partial charge in [0.1, 0.15) is 0 Å².